The molecule has 1 saturated carbocycles. The average Bonchev–Trinajstić information content (AvgIpc) is 3.79. The highest BCUT2D eigenvalue weighted by Crippen LogP contribution is 2.34. The first-order chi connectivity index (χ1) is 18.2. The second kappa shape index (κ2) is 12.2. The maximum absolute atomic E-state index is 5.80. The Kier molecular flexibility index (Phi) is 8.50. The highest BCUT2D eigenvalue weighted by molar-refractivity contribution is 5.67. The number of ether oxygens (including phenoxy) is 3. The summed E-state index contributed by atoms with van der Waals surface area (Å²) in [6, 6.07) is 7.30. The Morgan fingerprint density at radius 2 is 1.97 bits per heavy atom. The van der Waals surface area contributed by atoms with Crippen molar-refractivity contribution in [2.45, 2.75) is 57.7 Å². The maximum atomic E-state index is 5.80. The number of hydrogen-bond donors (Lipinski definition) is 3. The van der Waals surface area contributed by atoms with Gasteiger partial charge in [-0.2, -0.15) is 4.58 Å². The molecule has 37 heavy (non-hydrogen) atoms. The quantitative estimate of drug-likeness (QED) is 0.310. The van der Waals surface area contributed by atoms with E-state index in [0.717, 1.165) is 92.5 Å². The highest BCUT2D eigenvalue weighted by atomic mass is 16.5. The molecule has 2 aromatic rings. The molecule has 10 nitrogen and oxygen atoms in total. The molecule has 0 amide bonds. The van der Waals surface area contributed by atoms with Crippen LogP contribution in [0, 0.1) is 0 Å². The summed E-state index contributed by atoms with van der Waals surface area (Å²) < 4.78 is 19.1. The fraction of sp³-hybridized carbons (Fsp3) is 0.593. The van der Waals surface area contributed by atoms with Gasteiger partial charge in [-0.3, -0.25) is 4.90 Å². The number of nitrogens with zero attached hydrogens (tertiary/aromatic N) is 4. The largest absolute Gasteiger partial charge is 0.490 e. The van der Waals surface area contributed by atoms with E-state index in [-0.39, 0.29) is 13.3 Å². The molecule has 200 valence electrons. The van der Waals surface area contributed by atoms with E-state index in [4.69, 9.17) is 29.9 Å². The summed E-state index contributed by atoms with van der Waals surface area (Å²) in [7, 11) is 1.72. The molecule has 0 spiro atoms. The Bertz CT molecular complexity index is 1100. The predicted octanol–water partition coefficient (Wildman–Crippen LogP) is 3.01. The summed E-state index contributed by atoms with van der Waals surface area (Å²) in [5.74, 6) is 2.28. The van der Waals surface area contributed by atoms with Crippen LogP contribution in [0.4, 0.5) is 23.0 Å². The zero-order chi connectivity index (χ0) is 25.6. The summed E-state index contributed by atoms with van der Waals surface area (Å²) in [4.78, 5) is 12.4. The zero-order valence-electron chi connectivity index (χ0n) is 22.0. The van der Waals surface area contributed by atoms with Crippen LogP contribution in [0.5, 0.6) is 5.75 Å². The number of benzene rings is 1. The standard InChI is InChI=1S/C27H40N7O3/c1-3-22-26(29-19-8-14-36-15-9-19)32-27(23(31-22)17-37-18-28)30-20-4-7-24(25(16-20)35-2)34-12-10-33(11-13-34)21-5-6-21/h4,7,12,16,19,21H,3,5-6,8-11,13-15,17-18,28H2,1-2H3,(H2,29,30,32)/q+1. The van der Waals surface area contributed by atoms with Crippen molar-refractivity contribution in [3.8, 4) is 5.75 Å². The van der Waals surface area contributed by atoms with Crippen molar-refractivity contribution in [2.75, 3.05) is 57.3 Å². The van der Waals surface area contributed by atoms with Crippen LogP contribution < -0.4 is 21.1 Å². The second-order valence-electron chi connectivity index (χ2n) is 9.83. The number of rotatable bonds is 11. The van der Waals surface area contributed by atoms with Crippen LogP contribution in [0.3, 0.4) is 0 Å². The molecule has 3 heterocycles. The molecular formula is C27H40N7O3+. The molecule has 2 aliphatic heterocycles. The number of methoxy groups -OCH3 is 1. The van der Waals surface area contributed by atoms with Crippen molar-refractivity contribution >= 4 is 29.2 Å². The smallest absolute Gasteiger partial charge is 0.247 e. The van der Waals surface area contributed by atoms with Gasteiger partial charge in [-0.1, -0.05) is 6.92 Å². The fourth-order valence-corrected chi connectivity index (χ4v) is 5.01. The summed E-state index contributed by atoms with van der Waals surface area (Å²) in [6.45, 7) is 7.05. The lowest BCUT2D eigenvalue weighted by molar-refractivity contribution is -0.444. The summed E-state index contributed by atoms with van der Waals surface area (Å²) in [5, 5.41) is 7.07. The van der Waals surface area contributed by atoms with E-state index in [1.54, 1.807) is 7.11 Å². The third-order valence-corrected chi connectivity index (χ3v) is 7.27. The van der Waals surface area contributed by atoms with Crippen molar-refractivity contribution in [2.24, 2.45) is 5.73 Å². The monoisotopic (exact) mass is 510 g/mol. The maximum Gasteiger partial charge on any atom is 0.247 e. The van der Waals surface area contributed by atoms with Gasteiger partial charge in [-0.25, -0.2) is 9.97 Å². The van der Waals surface area contributed by atoms with Gasteiger partial charge in [0, 0.05) is 43.1 Å². The second-order valence-corrected chi connectivity index (χ2v) is 9.83. The fourth-order valence-electron chi connectivity index (χ4n) is 5.01. The Morgan fingerprint density at radius 3 is 2.65 bits per heavy atom. The van der Waals surface area contributed by atoms with Crippen LogP contribution in [-0.2, 0) is 22.5 Å². The van der Waals surface area contributed by atoms with Crippen LogP contribution in [-0.4, -0.2) is 84.4 Å². The molecule has 1 aliphatic carbocycles. The lowest BCUT2D eigenvalue weighted by Crippen LogP contribution is -2.39. The van der Waals surface area contributed by atoms with Gasteiger partial charge >= 0.3 is 0 Å². The number of nitrogens with two attached hydrogens (primary N) is 1. The van der Waals surface area contributed by atoms with Crippen molar-refractivity contribution in [1.29, 1.82) is 0 Å². The topological polar surface area (TPSA) is 110 Å². The molecule has 1 aromatic heterocycles. The SMILES string of the molecule is CCc1nc(COCN)c(Nc2ccc([N+]3=CCN(C4CC4)CC3)c(OC)c2)nc1NC1CCOCC1. The number of aryl methyl sites for hydroxylation is 1. The van der Waals surface area contributed by atoms with Crippen molar-refractivity contribution < 1.29 is 18.8 Å². The Balaban J connectivity index is 1.39. The molecule has 0 atom stereocenters. The van der Waals surface area contributed by atoms with Gasteiger partial charge in [-0.15, -0.1) is 0 Å². The van der Waals surface area contributed by atoms with Gasteiger partial charge in [0.05, 0.1) is 39.2 Å². The van der Waals surface area contributed by atoms with Crippen molar-refractivity contribution in [3.63, 3.8) is 0 Å². The van der Waals surface area contributed by atoms with Crippen LogP contribution in [0.2, 0.25) is 0 Å². The third-order valence-electron chi connectivity index (χ3n) is 7.27. The first-order valence-corrected chi connectivity index (χ1v) is 13.5. The summed E-state index contributed by atoms with van der Waals surface area (Å²) >= 11 is 0. The molecule has 10 heteroatoms. The average molecular weight is 511 g/mol. The Hall–Kier alpha value is -2.79. The lowest BCUT2D eigenvalue weighted by atomic mass is 10.1. The first-order valence-electron chi connectivity index (χ1n) is 13.5. The van der Waals surface area contributed by atoms with Crippen LogP contribution in [0.15, 0.2) is 18.2 Å². The molecule has 0 radical (unpaired) electrons. The van der Waals surface area contributed by atoms with Gasteiger partial charge in [0.2, 0.25) is 5.69 Å². The molecule has 0 unspecified atom stereocenters. The first kappa shape index (κ1) is 25.8. The zero-order valence-corrected chi connectivity index (χ0v) is 22.0. The van der Waals surface area contributed by atoms with E-state index in [0.29, 0.717) is 11.9 Å². The van der Waals surface area contributed by atoms with Gasteiger partial charge in [0.15, 0.2) is 24.3 Å². The molecule has 2 fully saturated rings. The molecular weight excluding hydrogens is 470 g/mol. The van der Waals surface area contributed by atoms with E-state index >= 15 is 0 Å². The number of nitrogens with one attached hydrogen (secondary N) is 2. The number of anilines is 3. The third kappa shape index (κ3) is 6.38. The summed E-state index contributed by atoms with van der Waals surface area (Å²) in [6.07, 6.45) is 7.63. The van der Waals surface area contributed by atoms with Gasteiger partial charge in [0.1, 0.15) is 11.5 Å². The van der Waals surface area contributed by atoms with E-state index < -0.39 is 0 Å². The Morgan fingerprint density at radius 1 is 1.14 bits per heavy atom. The summed E-state index contributed by atoms with van der Waals surface area (Å²) in [5.41, 5.74) is 9.21. The normalized spacial score (nSPS) is 18.9. The Labute approximate surface area is 219 Å². The number of aromatic nitrogens is 2. The molecule has 5 rings (SSSR count). The predicted molar refractivity (Wildman–Crippen MR) is 144 cm³/mol. The van der Waals surface area contributed by atoms with Crippen molar-refractivity contribution in [3.05, 3.63) is 29.6 Å². The highest BCUT2D eigenvalue weighted by Gasteiger charge is 2.32. The minimum Gasteiger partial charge on any atom is -0.490 e. The molecule has 1 saturated heterocycles. The van der Waals surface area contributed by atoms with Gasteiger partial charge in [0.25, 0.3) is 0 Å². The van der Waals surface area contributed by atoms with Gasteiger partial charge in [-0.05, 0) is 38.2 Å². The van der Waals surface area contributed by atoms with Gasteiger partial charge < -0.3 is 30.6 Å². The molecule has 1 aromatic carbocycles. The number of hydrogen-bond acceptors (Lipinski definition) is 9. The van der Waals surface area contributed by atoms with E-state index in [9.17, 15) is 0 Å². The lowest BCUT2D eigenvalue weighted by Gasteiger charge is -2.25. The molecule has 3 aliphatic rings. The van der Waals surface area contributed by atoms with Crippen molar-refractivity contribution in [1.82, 2.24) is 14.9 Å². The van der Waals surface area contributed by atoms with Crippen LogP contribution in [0.25, 0.3) is 0 Å². The van der Waals surface area contributed by atoms with E-state index in [1.165, 1.54) is 12.8 Å². The van der Waals surface area contributed by atoms with E-state index in [2.05, 4.69) is 45.4 Å². The van der Waals surface area contributed by atoms with Crippen LogP contribution in [0.1, 0.15) is 44.0 Å². The minimum absolute atomic E-state index is 0.123. The van der Waals surface area contributed by atoms with Crippen LogP contribution >= 0.6 is 0 Å². The molecule has 0 bridgehead atoms. The van der Waals surface area contributed by atoms with E-state index in [1.807, 2.05) is 6.07 Å². The minimum atomic E-state index is 0.123. The molecule has 4 N–H and O–H groups in total.